The molecule has 0 fully saturated rings. The summed E-state index contributed by atoms with van der Waals surface area (Å²) in [7, 11) is 0. The fraction of sp³-hybridized carbons (Fsp3) is 0.556. The zero-order chi connectivity index (χ0) is 13.5. The van der Waals surface area contributed by atoms with Gasteiger partial charge in [0.25, 0.3) is 0 Å². The molecule has 0 saturated carbocycles. The molecule has 0 aromatic carbocycles. The number of amides is 2. The van der Waals surface area contributed by atoms with Crippen LogP contribution < -0.4 is 5.32 Å². The molecule has 0 spiro atoms. The lowest BCUT2D eigenvalue weighted by molar-refractivity contribution is -0.148. The zero-order valence-electron chi connectivity index (χ0n) is 8.75. The molecule has 0 aromatic heterocycles. The molecule has 2 N–H and O–H groups in total. The lowest BCUT2D eigenvalue weighted by Gasteiger charge is -2.22. The Balaban J connectivity index is 4.41. The summed E-state index contributed by atoms with van der Waals surface area (Å²) in [4.78, 5) is 21.7. The average Bonchev–Trinajstić information content (AvgIpc) is 2.14. The van der Waals surface area contributed by atoms with Gasteiger partial charge in [0.15, 0.2) is 0 Å². The highest BCUT2D eigenvalue weighted by molar-refractivity contribution is 5.80. The van der Waals surface area contributed by atoms with Crippen LogP contribution in [0.4, 0.5) is 18.0 Å². The Morgan fingerprint density at radius 1 is 1.41 bits per heavy atom. The number of carbonyl (C=O) groups is 2. The third-order valence-electron chi connectivity index (χ3n) is 1.53. The van der Waals surface area contributed by atoms with E-state index in [1.807, 2.05) is 0 Å². The van der Waals surface area contributed by atoms with Crippen LogP contribution in [0.2, 0.25) is 0 Å². The first kappa shape index (κ1) is 15.1. The summed E-state index contributed by atoms with van der Waals surface area (Å²) in [5.41, 5.74) is 0. The predicted octanol–water partition coefficient (Wildman–Crippen LogP) is 0.668. The molecular formula is C9H11F3N2O3. The van der Waals surface area contributed by atoms with Crippen molar-refractivity contribution in [2.24, 2.45) is 0 Å². The Bertz CT molecular complexity index is 322. The number of urea groups is 1. The Hall–Kier alpha value is -1.91. The molecule has 0 radical (unpaired) electrons. The Labute approximate surface area is 95.6 Å². The van der Waals surface area contributed by atoms with Gasteiger partial charge in [-0.25, -0.2) is 4.79 Å². The van der Waals surface area contributed by atoms with Crippen LogP contribution in [0.25, 0.3) is 0 Å². The number of carboxylic acids is 1. The van der Waals surface area contributed by atoms with E-state index >= 15 is 0 Å². The van der Waals surface area contributed by atoms with Crippen LogP contribution in [0.3, 0.4) is 0 Å². The molecule has 8 heteroatoms. The van der Waals surface area contributed by atoms with Gasteiger partial charge in [-0.1, -0.05) is 0 Å². The van der Waals surface area contributed by atoms with E-state index in [9.17, 15) is 22.8 Å². The van der Waals surface area contributed by atoms with Gasteiger partial charge in [-0.2, -0.15) is 13.2 Å². The van der Waals surface area contributed by atoms with Crippen LogP contribution in [-0.2, 0) is 4.79 Å². The minimum atomic E-state index is -4.65. The van der Waals surface area contributed by atoms with Crippen molar-refractivity contribution >= 4 is 12.0 Å². The largest absolute Gasteiger partial charge is 0.480 e. The molecular weight excluding hydrogens is 241 g/mol. The molecule has 2 amide bonds. The third kappa shape index (κ3) is 7.96. The van der Waals surface area contributed by atoms with Crippen LogP contribution in [0.1, 0.15) is 6.42 Å². The second-order valence-corrected chi connectivity index (χ2v) is 3.05. The minimum absolute atomic E-state index is 0.0106. The summed E-state index contributed by atoms with van der Waals surface area (Å²) in [6.45, 7) is -2.66. The van der Waals surface area contributed by atoms with Gasteiger partial charge in [0.05, 0.1) is 0 Å². The van der Waals surface area contributed by atoms with Gasteiger partial charge in [0.2, 0.25) is 0 Å². The van der Waals surface area contributed by atoms with Crippen molar-refractivity contribution in [2.45, 2.75) is 12.6 Å². The van der Waals surface area contributed by atoms with Crippen molar-refractivity contribution in [3.63, 3.8) is 0 Å². The molecule has 0 aliphatic rings. The van der Waals surface area contributed by atoms with Crippen molar-refractivity contribution in [1.29, 1.82) is 0 Å². The lowest BCUT2D eigenvalue weighted by Crippen LogP contribution is -2.47. The maximum atomic E-state index is 12.1. The molecule has 0 atom stereocenters. The fourth-order valence-electron chi connectivity index (χ4n) is 0.933. The van der Waals surface area contributed by atoms with Crippen molar-refractivity contribution in [2.75, 3.05) is 19.6 Å². The SMILES string of the molecule is C#CCCNC(=O)N(CC(=O)O)CC(F)(F)F. The van der Waals surface area contributed by atoms with Crippen LogP contribution in [-0.4, -0.2) is 47.8 Å². The molecule has 0 unspecified atom stereocenters. The molecule has 0 aromatic rings. The molecule has 0 bridgehead atoms. The van der Waals surface area contributed by atoms with Crippen LogP contribution in [0, 0.1) is 12.3 Å². The average molecular weight is 252 g/mol. The van der Waals surface area contributed by atoms with Gasteiger partial charge >= 0.3 is 18.2 Å². The first-order valence-corrected chi connectivity index (χ1v) is 4.51. The van der Waals surface area contributed by atoms with E-state index in [1.165, 1.54) is 0 Å². The van der Waals surface area contributed by atoms with Gasteiger partial charge < -0.3 is 15.3 Å². The monoisotopic (exact) mass is 252 g/mol. The summed E-state index contributed by atoms with van der Waals surface area (Å²) in [6.07, 6.45) is 0.382. The third-order valence-corrected chi connectivity index (χ3v) is 1.53. The van der Waals surface area contributed by atoms with Crippen LogP contribution >= 0.6 is 0 Å². The fourth-order valence-corrected chi connectivity index (χ4v) is 0.933. The molecule has 0 aliphatic heterocycles. The number of carboxylic acid groups (broad SMARTS) is 1. The quantitative estimate of drug-likeness (QED) is 0.558. The van der Waals surface area contributed by atoms with Crippen molar-refractivity contribution in [3.05, 3.63) is 0 Å². The number of aliphatic carboxylic acids is 1. The Kier molecular flexibility index (Phi) is 5.88. The Morgan fingerprint density at radius 3 is 2.41 bits per heavy atom. The summed E-state index contributed by atoms with van der Waals surface area (Å²) in [5.74, 6) is 0.653. The van der Waals surface area contributed by atoms with Gasteiger partial charge in [-0.3, -0.25) is 4.79 Å². The van der Waals surface area contributed by atoms with Crippen LogP contribution in [0.15, 0.2) is 0 Å². The number of rotatable bonds is 5. The number of hydrogen-bond acceptors (Lipinski definition) is 2. The molecule has 0 rings (SSSR count). The second kappa shape index (κ2) is 6.62. The number of hydrogen-bond donors (Lipinski definition) is 2. The number of terminal acetylenes is 1. The summed E-state index contributed by atoms with van der Waals surface area (Å²) < 4.78 is 36.2. The number of nitrogens with one attached hydrogen (secondary N) is 1. The van der Waals surface area contributed by atoms with Crippen molar-refractivity contribution in [1.82, 2.24) is 10.2 Å². The van der Waals surface area contributed by atoms with E-state index < -0.39 is 31.3 Å². The van der Waals surface area contributed by atoms with Crippen molar-refractivity contribution in [3.8, 4) is 12.3 Å². The smallest absolute Gasteiger partial charge is 0.406 e. The predicted molar refractivity (Wildman–Crippen MR) is 52.1 cm³/mol. The normalized spacial score (nSPS) is 10.5. The lowest BCUT2D eigenvalue weighted by atomic mass is 10.4. The van der Waals surface area contributed by atoms with Gasteiger partial charge in [-0.05, 0) is 0 Å². The maximum Gasteiger partial charge on any atom is 0.406 e. The molecule has 17 heavy (non-hydrogen) atoms. The van der Waals surface area contributed by atoms with E-state index in [2.05, 4.69) is 11.2 Å². The number of halogens is 3. The van der Waals surface area contributed by atoms with E-state index in [4.69, 9.17) is 11.5 Å². The van der Waals surface area contributed by atoms with Gasteiger partial charge in [0, 0.05) is 13.0 Å². The molecule has 0 aliphatic carbocycles. The molecule has 0 saturated heterocycles. The first-order chi connectivity index (χ1) is 7.76. The Morgan fingerprint density at radius 2 is 2.00 bits per heavy atom. The minimum Gasteiger partial charge on any atom is -0.480 e. The highest BCUT2D eigenvalue weighted by Gasteiger charge is 2.33. The topological polar surface area (TPSA) is 69.6 Å². The molecule has 96 valence electrons. The standard InChI is InChI=1S/C9H11F3N2O3/c1-2-3-4-13-8(17)14(5-7(15)16)6-9(10,11)12/h1H,3-6H2,(H,13,17)(H,15,16). The van der Waals surface area contributed by atoms with Crippen molar-refractivity contribution < 1.29 is 27.9 Å². The summed E-state index contributed by atoms with van der Waals surface area (Å²) >= 11 is 0. The van der Waals surface area contributed by atoms with E-state index in [0.29, 0.717) is 0 Å². The van der Waals surface area contributed by atoms with E-state index in [0.717, 1.165) is 0 Å². The number of nitrogens with zero attached hydrogens (tertiary/aromatic N) is 1. The van der Waals surface area contributed by atoms with Gasteiger partial charge in [0.1, 0.15) is 13.1 Å². The highest BCUT2D eigenvalue weighted by Crippen LogP contribution is 2.16. The van der Waals surface area contributed by atoms with E-state index in [1.54, 1.807) is 0 Å². The number of alkyl halides is 3. The maximum absolute atomic E-state index is 12.1. The van der Waals surface area contributed by atoms with Crippen LogP contribution in [0.5, 0.6) is 0 Å². The summed E-state index contributed by atoms with van der Waals surface area (Å²) in [5, 5.41) is 10.5. The van der Waals surface area contributed by atoms with E-state index in [-0.39, 0.29) is 17.9 Å². The molecule has 0 heterocycles. The summed E-state index contributed by atoms with van der Waals surface area (Å²) in [6, 6.07) is -1.11. The first-order valence-electron chi connectivity index (χ1n) is 4.51. The number of carbonyl (C=O) groups excluding carboxylic acids is 1. The highest BCUT2D eigenvalue weighted by atomic mass is 19.4. The molecule has 5 nitrogen and oxygen atoms in total. The zero-order valence-corrected chi connectivity index (χ0v) is 8.75. The second-order valence-electron chi connectivity index (χ2n) is 3.05. The van der Waals surface area contributed by atoms with Gasteiger partial charge in [-0.15, -0.1) is 12.3 Å².